The summed E-state index contributed by atoms with van der Waals surface area (Å²) in [7, 11) is -1.10. The second kappa shape index (κ2) is 20.9. The lowest BCUT2D eigenvalue weighted by atomic mass is 9.69. The number of benzene rings is 1. The molecule has 8 atom stereocenters. The number of Topliss-reactive ketones (excluding diaryl/α,β-unsaturated/α-hetero) is 1. The standard InChI is InChI=1S/C46H84O7Si2/c1-31(2)28-32(3)29-33(4)41(53-55(20,21)45(11,12)13)35(6)40(47)36(7)42(48)46(14,15)43(50-17)34(5)39(52-54(18,19)44(8,9)10)26-27-51-30-37-22-24-38(49-16)25-23-37/h22-25,28-29,32,34-36,39-41,43,47H,26-27,30H2,1-21H3/b33-29+/t32-,34-,35-,36-,39+,40+,41+,43+/m0/s1. The first-order valence-corrected chi connectivity index (χ1v) is 26.4. The van der Waals surface area contributed by atoms with E-state index in [4.69, 9.17) is 23.1 Å². The maximum absolute atomic E-state index is 14.7. The van der Waals surface area contributed by atoms with Crippen LogP contribution < -0.4 is 4.74 Å². The van der Waals surface area contributed by atoms with E-state index in [2.05, 4.69) is 115 Å². The number of carbonyl (C=O) groups is 1. The molecule has 1 rings (SSSR count). The monoisotopic (exact) mass is 805 g/mol. The number of carbonyl (C=O) groups excluding carboxylic acids is 1. The first kappa shape index (κ1) is 51.4. The smallest absolute Gasteiger partial charge is 0.192 e. The number of rotatable bonds is 22. The second-order valence-electron chi connectivity index (χ2n) is 20.2. The number of aliphatic hydroxyl groups is 1. The van der Waals surface area contributed by atoms with E-state index in [0.29, 0.717) is 19.6 Å². The maximum Gasteiger partial charge on any atom is 0.192 e. The predicted octanol–water partition coefficient (Wildman–Crippen LogP) is 11.8. The number of ketones is 1. The van der Waals surface area contributed by atoms with Crippen LogP contribution in [0.2, 0.25) is 36.3 Å². The average Bonchev–Trinajstić information content (AvgIpc) is 3.05. The molecule has 0 spiro atoms. The van der Waals surface area contributed by atoms with Crippen molar-refractivity contribution in [1.82, 2.24) is 0 Å². The van der Waals surface area contributed by atoms with Crippen molar-refractivity contribution in [3.63, 3.8) is 0 Å². The summed E-state index contributed by atoms with van der Waals surface area (Å²) in [5.74, 6) is -0.114. The van der Waals surface area contributed by atoms with Crippen LogP contribution in [0.5, 0.6) is 5.75 Å². The number of hydrogen-bond donors (Lipinski definition) is 1. The van der Waals surface area contributed by atoms with E-state index >= 15 is 0 Å². The van der Waals surface area contributed by atoms with E-state index in [9.17, 15) is 9.90 Å². The molecule has 55 heavy (non-hydrogen) atoms. The highest BCUT2D eigenvalue weighted by molar-refractivity contribution is 6.74. The van der Waals surface area contributed by atoms with Crippen LogP contribution in [0.15, 0.2) is 47.6 Å². The molecule has 0 radical (unpaired) electrons. The van der Waals surface area contributed by atoms with Crippen LogP contribution in [-0.2, 0) is 29.7 Å². The van der Waals surface area contributed by atoms with Crippen molar-refractivity contribution >= 4 is 22.4 Å². The van der Waals surface area contributed by atoms with Crippen molar-refractivity contribution in [2.75, 3.05) is 20.8 Å². The Balaban J connectivity index is 3.45. The minimum atomic E-state index is -2.24. The fourth-order valence-electron chi connectivity index (χ4n) is 7.17. The van der Waals surface area contributed by atoms with Gasteiger partial charge in [0.05, 0.1) is 43.5 Å². The molecule has 0 amide bonds. The highest BCUT2D eigenvalue weighted by Gasteiger charge is 2.49. The van der Waals surface area contributed by atoms with Crippen molar-refractivity contribution < 1.29 is 33.0 Å². The SMILES string of the molecule is COc1ccc(COCC[C@@H](O[Si](C)(C)C(C)(C)C)[C@H](C)[C@@H](OC)C(C)(C)C(=O)[C@@H](C)[C@H](O)[C@H](C)[C@H](O[Si](C)(C)C(C)(C)C)/C(C)=C/[C@@H](C)C=C(C)C)cc1. The zero-order valence-corrected chi connectivity index (χ0v) is 41.1. The Morgan fingerprint density at radius 3 is 1.75 bits per heavy atom. The van der Waals surface area contributed by atoms with Gasteiger partial charge in [-0.3, -0.25) is 4.79 Å². The Morgan fingerprint density at radius 1 is 0.782 bits per heavy atom. The molecular weight excluding hydrogens is 721 g/mol. The number of allylic oxidation sites excluding steroid dienone is 3. The third-order valence-electron chi connectivity index (χ3n) is 12.6. The molecule has 0 unspecified atom stereocenters. The van der Waals surface area contributed by atoms with Gasteiger partial charge in [-0.15, -0.1) is 0 Å². The van der Waals surface area contributed by atoms with Crippen molar-refractivity contribution in [1.29, 1.82) is 0 Å². The van der Waals surface area contributed by atoms with Gasteiger partial charge < -0.3 is 28.2 Å². The normalized spacial score (nSPS) is 18.1. The van der Waals surface area contributed by atoms with Gasteiger partial charge in [-0.25, -0.2) is 0 Å². The first-order valence-electron chi connectivity index (χ1n) is 20.6. The number of aliphatic hydroxyl groups excluding tert-OH is 1. The predicted molar refractivity (Wildman–Crippen MR) is 237 cm³/mol. The lowest BCUT2D eigenvalue weighted by Gasteiger charge is -2.46. The molecule has 318 valence electrons. The maximum atomic E-state index is 14.7. The minimum Gasteiger partial charge on any atom is -0.497 e. The van der Waals surface area contributed by atoms with Crippen molar-refractivity contribution in [3.8, 4) is 5.75 Å². The fraction of sp³-hybridized carbons (Fsp3) is 0.761. The van der Waals surface area contributed by atoms with Gasteiger partial charge in [-0.05, 0) is 92.6 Å². The van der Waals surface area contributed by atoms with Crippen LogP contribution >= 0.6 is 0 Å². The summed E-state index contributed by atoms with van der Waals surface area (Å²) in [6, 6.07) is 7.91. The van der Waals surface area contributed by atoms with Gasteiger partial charge in [-0.1, -0.05) is 113 Å². The highest BCUT2D eigenvalue weighted by atomic mass is 28.4. The summed E-state index contributed by atoms with van der Waals surface area (Å²) in [6.07, 6.45) is 3.21. The molecule has 0 aliphatic carbocycles. The van der Waals surface area contributed by atoms with Crippen LogP contribution in [0.25, 0.3) is 0 Å². The summed E-state index contributed by atoms with van der Waals surface area (Å²) >= 11 is 0. The summed E-state index contributed by atoms with van der Waals surface area (Å²) in [4.78, 5) is 14.7. The molecule has 7 nitrogen and oxygen atoms in total. The topological polar surface area (TPSA) is 83.5 Å². The lowest BCUT2D eigenvalue weighted by Crippen LogP contribution is -2.54. The van der Waals surface area contributed by atoms with Gasteiger partial charge >= 0.3 is 0 Å². The van der Waals surface area contributed by atoms with Crippen molar-refractivity contribution in [2.45, 2.75) is 178 Å². The van der Waals surface area contributed by atoms with Crippen LogP contribution in [0.4, 0.5) is 0 Å². The molecular formula is C46H84O7Si2. The van der Waals surface area contributed by atoms with Crippen molar-refractivity contribution in [2.24, 2.45) is 29.1 Å². The molecule has 1 aromatic carbocycles. The molecule has 1 N–H and O–H groups in total. The van der Waals surface area contributed by atoms with E-state index in [0.717, 1.165) is 16.9 Å². The first-order chi connectivity index (χ1) is 24.9. The second-order valence-corrected chi connectivity index (χ2v) is 29.7. The third kappa shape index (κ3) is 14.6. The fourth-order valence-corrected chi connectivity index (χ4v) is 10.00. The van der Waals surface area contributed by atoms with E-state index < -0.39 is 40.2 Å². The molecule has 0 aliphatic rings. The van der Waals surface area contributed by atoms with Gasteiger partial charge in [0.25, 0.3) is 0 Å². The summed E-state index contributed by atoms with van der Waals surface area (Å²) < 4.78 is 32.0. The zero-order valence-electron chi connectivity index (χ0n) is 39.1. The molecule has 1 aromatic rings. The quantitative estimate of drug-likeness (QED) is 0.0710. The van der Waals surface area contributed by atoms with E-state index in [1.807, 2.05) is 52.0 Å². The van der Waals surface area contributed by atoms with E-state index in [1.54, 1.807) is 14.2 Å². The minimum absolute atomic E-state index is 0.00333. The van der Waals surface area contributed by atoms with Crippen molar-refractivity contribution in [3.05, 3.63) is 53.1 Å². The van der Waals surface area contributed by atoms with Crippen LogP contribution in [0, 0.1) is 29.1 Å². The third-order valence-corrected chi connectivity index (χ3v) is 21.6. The van der Waals surface area contributed by atoms with Crippen LogP contribution in [0.1, 0.15) is 116 Å². The Kier molecular flexibility index (Phi) is 19.5. The molecule has 0 aliphatic heterocycles. The van der Waals surface area contributed by atoms with Crippen LogP contribution in [0.3, 0.4) is 0 Å². The largest absolute Gasteiger partial charge is 0.497 e. The molecule has 0 bridgehead atoms. The van der Waals surface area contributed by atoms with E-state index in [1.165, 1.54) is 5.57 Å². The summed E-state index contributed by atoms with van der Waals surface area (Å²) in [5, 5.41) is 12.1. The Morgan fingerprint density at radius 2 is 1.29 bits per heavy atom. The van der Waals surface area contributed by atoms with Gasteiger partial charge in [0.1, 0.15) is 11.5 Å². The molecule has 0 saturated carbocycles. The molecule has 0 heterocycles. The molecule has 0 fully saturated rings. The Hall–Kier alpha value is -1.60. The average molecular weight is 805 g/mol. The Bertz CT molecular complexity index is 1380. The lowest BCUT2D eigenvalue weighted by molar-refractivity contribution is -0.149. The molecule has 9 heteroatoms. The molecule has 0 aromatic heterocycles. The van der Waals surface area contributed by atoms with Gasteiger partial charge in [0.15, 0.2) is 16.6 Å². The zero-order chi connectivity index (χ0) is 42.9. The Labute approximate surface area is 340 Å². The molecule has 0 saturated heterocycles. The van der Waals surface area contributed by atoms with Gasteiger partial charge in [-0.2, -0.15) is 0 Å². The highest BCUT2D eigenvalue weighted by Crippen LogP contribution is 2.43. The summed E-state index contributed by atoms with van der Waals surface area (Å²) in [5.41, 5.74) is 2.49. The summed E-state index contributed by atoms with van der Waals surface area (Å²) in [6.45, 7) is 41.9. The van der Waals surface area contributed by atoms with Crippen LogP contribution in [-0.4, -0.2) is 72.8 Å². The number of methoxy groups -OCH3 is 2. The number of hydrogen-bond acceptors (Lipinski definition) is 7. The van der Waals surface area contributed by atoms with Gasteiger partial charge in [0, 0.05) is 31.5 Å². The number of ether oxygens (including phenoxy) is 3. The van der Waals surface area contributed by atoms with E-state index in [-0.39, 0.29) is 45.8 Å². The van der Waals surface area contributed by atoms with Gasteiger partial charge in [0.2, 0.25) is 0 Å².